The molecule has 1 N–H and O–H groups in total. The Kier molecular flexibility index (Phi) is 4.63. The lowest BCUT2D eigenvalue weighted by molar-refractivity contribution is 0.288. The van der Waals surface area contributed by atoms with Gasteiger partial charge in [0.05, 0.1) is 5.69 Å². The molecule has 0 unspecified atom stereocenters. The number of anilines is 1. The zero-order valence-corrected chi connectivity index (χ0v) is 12.1. The van der Waals surface area contributed by atoms with Crippen LogP contribution in [0, 0.1) is 6.92 Å². The lowest BCUT2D eigenvalue weighted by Gasteiger charge is -2.14. The molecule has 0 amide bonds. The van der Waals surface area contributed by atoms with E-state index in [4.69, 9.17) is 4.74 Å². The van der Waals surface area contributed by atoms with Gasteiger partial charge < -0.3 is 10.1 Å². The molecule has 0 aliphatic carbocycles. The standard InChI is InChI=1S/C14H17N3OS/c1-10-14(17-8-7-16-10)18-9-11-12(15-2)5-4-6-13(11)19-3/h4-8,15H,9H2,1-3H3. The van der Waals surface area contributed by atoms with Crippen LogP contribution < -0.4 is 10.1 Å². The lowest BCUT2D eigenvalue weighted by Crippen LogP contribution is -2.04. The van der Waals surface area contributed by atoms with Gasteiger partial charge in [0.25, 0.3) is 0 Å². The number of hydrogen-bond donors (Lipinski definition) is 1. The van der Waals surface area contributed by atoms with E-state index in [0.717, 1.165) is 16.9 Å². The van der Waals surface area contributed by atoms with Crippen molar-refractivity contribution >= 4 is 17.4 Å². The van der Waals surface area contributed by atoms with Crippen LogP contribution in [-0.2, 0) is 6.61 Å². The molecule has 5 heteroatoms. The van der Waals surface area contributed by atoms with E-state index >= 15 is 0 Å². The maximum absolute atomic E-state index is 5.78. The Morgan fingerprint density at radius 1 is 1.26 bits per heavy atom. The second kappa shape index (κ2) is 6.43. The van der Waals surface area contributed by atoms with Crippen molar-refractivity contribution in [3.63, 3.8) is 0 Å². The zero-order valence-electron chi connectivity index (χ0n) is 11.3. The van der Waals surface area contributed by atoms with Crippen LogP contribution in [0.4, 0.5) is 5.69 Å². The highest BCUT2D eigenvalue weighted by Gasteiger charge is 2.09. The summed E-state index contributed by atoms with van der Waals surface area (Å²) in [6, 6.07) is 6.17. The molecule has 4 nitrogen and oxygen atoms in total. The topological polar surface area (TPSA) is 47.0 Å². The first-order valence-corrected chi connectivity index (χ1v) is 7.22. The second-order valence-corrected chi connectivity index (χ2v) is 4.82. The summed E-state index contributed by atoms with van der Waals surface area (Å²) >= 11 is 1.71. The van der Waals surface area contributed by atoms with Crippen LogP contribution >= 0.6 is 11.8 Å². The van der Waals surface area contributed by atoms with Crippen LogP contribution in [0.3, 0.4) is 0 Å². The fourth-order valence-electron chi connectivity index (χ4n) is 1.82. The molecular formula is C14H17N3OS. The Balaban J connectivity index is 2.21. The van der Waals surface area contributed by atoms with Gasteiger partial charge in [0.2, 0.25) is 5.88 Å². The molecule has 2 aromatic rings. The van der Waals surface area contributed by atoms with Gasteiger partial charge in [-0.15, -0.1) is 11.8 Å². The van der Waals surface area contributed by atoms with Crippen LogP contribution in [-0.4, -0.2) is 23.3 Å². The van der Waals surface area contributed by atoms with Crippen LogP contribution in [0.2, 0.25) is 0 Å². The maximum Gasteiger partial charge on any atom is 0.235 e. The number of aromatic nitrogens is 2. The first-order valence-electron chi connectivity index (χ1n) is 6.00. The smallest absolute Gasteiger partial charge is 0.235 e. The quantitative estimate of drug-likeness (QED) is 0.849. The molecule has 1 heterocycles. The summed E-state index contributed by atoms with van der Waals surface area (Å²) < 4.78 is 5.78. The van der Waals surface area contributed by atoms with Gasteiger partial charge in [-0.1, -0.05) is 6.07 Å². The van der Waals surface area contributed by atoms with Gasteiger partial charge in [-0.2, -0.15) is 0 Å². The molecule has 2 rings (SSSR count). The maximum atomic E-state index is 5.78. The normalized spacial score (nSPS) is 10.3. The van der Waals surface area contributed by atoms with Crippen LogP contribution in [0.5, 0.6) is 5.88 Å². The Hall–Kier alpha value is -1.75. The number of thioether (sulfide) groups is 1. The van der Waals surface area contributed by atoms with Gasteiger partial charge in [0, 0.05) is 35.6 Å². The monoisotopic (exact) mass is 275 g/mol. The third-order valence-electron chi connectivity index (χ3n) is 2.81. The summed E-state index contributed by atoms with van der Waals surface area (Å²) in [5.41, 5.74) is 3.02. The largest absolute Gasteiger partial charge is 0.471 e. The molecule has 1 aromatic heterocycles. The minimum Gasteiger partial charge on any atom is -0.471 e. The summed E-state index contributed by atoms with van der Waals surface area (Å²) in [4.78, 5) is 9.56. The average Bonchev–Trinajstić information content (AvgIpc) is 2.46. The first-order chi connectivity index (χ1) is 9.26. The van der Waals surface area contributed by atoms with Crippen molar-refractivity contribution < 1.29 is 4.74 Å². The number of ether oxygens (including phenoxy) is 1. The van der Waals surface area contributed by atoms with Crippen molar-refractivity contribution in [2.75, 3.05) is 18.6 Å². The number of nitrogens with one attached hydrogen (secondary N) is 1. The van der Waals surface area contributed by atoms with E-state index in [0.29, 0.717) is 12.5 Å². The minimum absolute atomic E-state index is 0.479. The molecule has 0 bridgehead atoms. The summed E-state index contributed by atoms with van der Waals surface area (Å²) in [5, 5.41) is 3.19. The van der Waals surface area contributed by atoms with Crippen molar-refractivity contribution in [1.29, 1.82) is 0 Å². The van der Waals surface area contributed by atoms with Gasteiger partial charge >= 0.3 is 0 Å². The highest BCUT2D eigenvalue weighted by molar-refractivity contribution is 7.98. The molecule has 0 atom stereocenters. The molecule has 1 aromatic carbocycles. The molecule has 0 aliphatic heterocycles. The van der Waals surface area contributed by atoms with Gasteiger partial charge in [-0.3, -0.25) is 4.98 Å². The summed E-state index contributed by atoms with van der Waals surface area (Å²) in [7, 11) is 1.91. The summed E-state index contributed by atoms with van der Waals surface area (Å²) in [5.74, 6) is 0.584. The number of rotatable bonds is 5. The number of nitrogens with zero attached hydrogens (tertiary/aromatic N) is 2. The number of hydrogen-bond acceptors (Lipinski definition) is 5. The van der Waals surface area contributed by atoms with Crippen molar-refractivity contribution in [2.24, 2.45) is 0 Å². The number of benzene rings is 1. The Morgan fingerprint density at radius 2 is 2.05 bits per heavy atom. The molecule has 0 aliphatic rings. The van der Waals surface area contributed by atoms with Gasteiger partial charge in [-0.05, 0) is 25.3 Å². The van der Waals surface area contributed by atoms with E-state index < -0.39 is 0 Å². The van der Waals surface area contributed by atoms with Gasteiger partial charge in [-0.25, -0.2) is 4.98 Å². The third-order valence-corrected chi connectivity index (χ3v) is 3.63. The molecular weight excluding hydrogens is 258 g/mol. The molecule has 100 valence electrons. The van der Waals surface area contributed by atoms with Crippen molar-refractivity contribution in [2.45, 2.75) is 18.4 Å². The second-order valence-electron chi connectivity index (χ2n) is 3.97. The summed E-state index contributed by atoms with van der Waals surface area (Å²) in [6.07, 6.45) is 5.37. The van der Waals surface area contributed by atoms with Gasteiger partial charge in [0.15, 0.2) is 0 Å². The van der Waals surface area contributed by atoms with Crippen molar-refractivity contribution in [1.82, 2.24) is 9.97 Å². The lowest BCUT2D eigenvalue weighted by atomic mass is 10.2. The Morgan fingerprint density at radius 3 is 2.74 bits per heavy atom. The number of aryl methyl sites for hydroxylation is 1. The zero-order chi connectivity index (χ0) is 13.7. The predicted molar refractivity (Wildman–Crippen MR) is 78.9 cm³/mol. The minimum atomic E-state index is 0.479. The average molecular weight is 275 g/mol. The van der Waals surface area contributed by atoms with Gasteiger partial charge in [0.1, 0.15) is 6.61 Å². The van der Waals surface area contributed by atoms with E-state index in [1.807, 2.05) is 26.1 Å². The molecule has 0 spiro atoms. The summed E-state index contributed by atoms with van der Waals surface area (Å²) in [6.45, 7) is 2.37. The van der Waals surface area contributed by atoms with Crippen LogP contribution in [0.15, 0.2) is 35.5 Å². The van der Waals surface area contributed by atoms with Crippen LogP contribution in [0.1, 0.15) is 11.3 Å². The fourth-order valence-corrected chi connectivity index (χ4v) is 2.45. The van der Waals surface area contributed by atoms with Crippen molar-refractivity contribution in [3.05, 3.63) is 41.9 Å². The molecule has 0 fully saturated rings. The van der Waals surface area contributed by atoms with E-state index in [-0.39, 0.29) is 0 Å². The molecule has 19 heavy (non-hydrogen) atoms. The molecule has 0 saturated heterocycles. The first kappa shape index (κ1) is 13.7. The SMILES string of the molecule is CNc1cccc(SC)c1COc1nccnc1C. The molecule has 0 saturated carbocycles. The Bertz CT molecular complexity index is 538. The Labute approximate surface area is 117 Å². The van der Waals surface area contributed by atoms with E-state index in [2.05, 4.69) is 27.6 Å². The predicted octanol–water partition coefficient (Wildman–Crippen LogP) is 3.13. The van der Waals surface area contributed by atoms with Crippen LogP contribution in [0.25, 0.3) is 0 Å². The fraction of sp³-hybridized carbons (Fsp3) is 0.286. The third kappa shape index (κ3) is 3.17. The molecule has 0 radical (unpaired) electrons. The van der Waals surface area contributed by atoms with E-state index in [1.54, 1.807) is 24.2 Å². The van der Waals surface area contributed by atoms with E-state index in [1.165, 1.54) is 4.90 Å². The highest BCUT2D eigenvalue weighted by atomic mass is 32.2. The highest BCUT2D eigenvalue weighted by Crippen LogP contribution is 2.28. The van der Waals surface area contributed by atoms with E-state index in [9.17, 15) is 0 Å². The van der Waals surface area contributed by atoms with Crippen molar-refractivity contribution in [3.8, 4) is 5.88 Å².